The van der Waals surface area contributed by atoms with E-state index >= 15 is 0 Å². The number of phenols is 1. The molecule has 2 amide bonds. The minimum absolute atomic E-state index is 0.0503. The molecule has 1 fully saturated rings. The van der Waals surface area contributed by atoms with Crippen LogP contribution in [-0.4, -0.2) is 53.2 Å². The summed E-state index contributed by atoms with van der Waals surface area (Å²) in [5.41, 5.74) is 2.22. The predicted octanol–water partition coefficient (Wildman–Crippen LogP) is 3.64. The van der Waals surface area contributed by atoms with Crippen molar-refractivity contribution in [2.75, 3.05) is 31.1 Å². The molecule has 0 bridgehead atoms. The first-order chi connectivity index (χ1) is 14.9. The summed E-state index contributed by atoms with van der Waals surface area (Å²) in [5, 5.41) is 12.7. The zero-order chi connectivity index (χ0) is 22.2. The number of aromatic hydroxyl groups is 1. The molecule has 0 aromatic heterocycles. The molecule has 0 saturated carbocycles. The summed E-state index contributed by atoms with van der Waals surface area (Å²) >= 11 is 1.71. The molecule has 7 heteroatoms. The third-order valence-corrected chi connectivity index (χ3v) is 6.67. The number of anilines is 1. The number of amides is 2. The third-order valence-electron chi connectivity index (χ3n) is 5.49. The maximum atomic E-state index is 12.4. The number of carbonyl (C=O) groups is 2. The van der Waals surface area contributed by atoms with Crippen LogP contribution in [0.5, 0.6) is 5.75 Å². The second kappa shape index (κ2) is 11.1. The largest absolute Gasteiger partial charge is 0.508 e. The molecular formula is C24H31N3O3S. The van der Waals surface area contributed by atoms with Crippen LogP contribution in [0.3, 0.4) is 0 Å². The number of benzene rings is 2. The van der Waals surface area contributed by atoms with Crippen LogP contribution in [0.15, 0.2) is 53.4 Å². The van der Waals surface area contributed by atoms with Gasteiger partial charge in [0.1, 0.15) is 5.75 Å². The van der Waals surface area contributed by atoms with E-state index in [0.29, 0.717) is 18.2 Å². The molecule has 1 atom stereocenters. The fourth-order valence-electron chi connectivity index (χ4n) is 3.66. The second-order valence-electron chi connectivity index (χ2n) is 7.86. The van der Waals surface area contributed by atoms with Gasteiger partial charge in [0.25, 0.3) is 0 Å². The van der Waals surface area contributed by atoms with E-state index in [-0.39, 0.29) is 17.6 Å². The Hall–Kier alpha value is -2.67. The lowest BCUT2D eigenvalue weighted by atomic mass is 10.1. The van der Waals surface area contributed by atoms with Gasteiger partial charge in [-0.2, -0.15) is 0 Å². The van der Waals surface area contributed by atoms with Gasteiger partial charge in [-0.25, -0.2) is 0 Å². The summed E-state index contributed by atoms with van der Waals surface area (Å²) in [7, 11) is 0. The number of hydrogen-bond donors (Lipinski definition) is 2. The second-order valence-corrected chi connectivity index (χ2v) is 9.37. The maximum absolute atomic E-state index is 12.4. The Bertz CT molecular complexity index is 880. The highest BCUT2D eigenvalue weighted by molar-refractivity contribution is 7.99. The van der Waals surface area contributed by atoms with Gasteiger partial charge in [-0.15, -0.1) is 11.8 Å². The Balaban J connectivity index is 1.46. The molecule has 166 valence electrons. The van der Waals surface area contributed by atoms with Crippen LogP contribution in [0.2, 0.25) is 0 Å². The summed E-state index contributed by atoms with van der Waals surface area (Å²) in [5.74, 6) is 0.435. The fraction of sp³-hybridized carbons (Fsp3) is 0.417. The number of rotatable bonds is 8. The van der Waals surface area contributed by atoms with Crippen LogP contribution in [0.1, 0.15) is 32.3 Å². The van der Waals surface area contributed by atoms with Crippen molar-refractivity contribution in [1.29, 1.82) is 0 Å². The molecule has 2 aromatic rings. The molecule has 3 rings (SSSR count). The molecule has 31 heavy (non-hydrogen) atoms. The molecule has 1 aliphatic rings. The van der Waals surface area contributed by atoms with Crippen molar-refractivity contribution >= 4 is 29.3 Å². The Morgan fingerprint density at radius 3 is 2.42 bits per heavy atom. The molecule has 1 saturated heterocycles. The van der Waals surface area contributed by atoms with Gasteiger partial charge in [0.15, 0.2) is 0 Å². The summed E-state index contributed by atoms with van der Waals surface area (Å²) in [6.45, 7) is 7.29. The van der Waals surface area contributed by atoms with Gasteiger partial charge < -0.3 is 20.2 Å². The molecule has 2 N–H and O–H groups in total. The molecule has 0 spiro atoms. The summed E-state index contributed by atoms with van der Waals surface area (Å²) in [4.78, 5) is 29.2. The van der Waals surface area contributed by atoms with Crippen molar-refractivity contribution in [2.24, 2.45) is 0 Å². The predicted molar refractivity (Wildman–Crippen MR) is 125 cm³/mol. The number of piperazine rings is 1. The lowest BCUT2D eigenvalue weighted by Gasteiger charge is -2.36. The van der Waals surface area contributed by atoms with Gasteiger partial charge in [0.05, 0.1) is 0 Å². The Labute approximate surface area is 188 Å². The third kappa shape index (κ3) is 6.92. The molecular weight excluding hydrogens is 410 g/mol. The van der Waals surface area contributed by atoms with Gasteiger partial charge in [-0.05, 0) is 42.3 Å². The van der Waals surface area contributed by atoms with Crippen molar-refractivity contribution in [2.45, 2.75) is 43.4 Å². The van der Waals surface area contributed by atoms with Crippen molar-refractivity contribution in [3.05, 3.63) is 54.1 Å². The quantitative estimate of drug-likeness (QED) is 0.612. The summed E-state index contributed by atoms with van der Waals surface area (Å²) < 4.78 is 0. The summed E-state index contributed by atoms with van der Waals surface area (Å²) in [6, 6.07) is 15.3. The van der Waals surface area contributed by atoms with E-state index in [0.717, 1.165) is 48.7 Å². The van der Waals surface area contributed by atoms with Crippen molar-refractivity contribution < 1.29 is 14.7 Å². The van der Waals surface area contributed by atoms with Gasteiger partial charge >= 0.3 is 0 Å². The number of para-hydroxylation sites is 1. The topological polar surface area (TPSA) is 72.9 Å². The molecule has 2 aromatic carbocycles. The maximum Gasteiger partial charge on any atom is 0.220 e. The minimum Gasteiger partial charge on any atom is -0.508 e. The van der Waals surface area contributed by atoms with Crippen LogP contribution < -0.4 is 10.2 Å². The Kier molecular flexibility index (Phi) is 8.23. The number of carbonyl (C=O) groups excluding carboxylic acids is 2. The number of nitrogens with zero attached hydrogens (tertiary/aromatic N) is 2. The highest BCUT2D eigenvalue weighted by Gasteiger charge is 2.20. The van der Waals surface area contributed by atoms with Crippen LogP contribution in [0.4, 0.5) is 5.69 Å². The lowest BCUT2D eigenvalue weighted by molar-refractivity contribution is -0.129. The van der Waals surface area contributed by atoms with Crippen LogP contribution in [0.25, 0.3) is 0 Å². The molecule has 1 aliphatic heterocycles. The Morgan fingerprint density at radius 1 is 1.06 bits per heavy atom. The number of hydrogen-bond acceptors (Lipinski definition) is 5. The van der Waals surface area contributed by atoms with Gasteiger partial charge in [-0.3, -0.25) is 9.59 Å². The number of thioether (sulfide) groups is 1. The first-order valence-corrected chi connectivity index (χ1v) is 11.6. The SMILES string of the molecule is CC(=O)N1CCN(c2ccccc2CNC(=O)CCC(C)Sc2ccc(O)cc2)CC1. The zero-order valence-corrected chi connectivity index (χ0v) is 19.0. The lowest BCUT2D eigenvalue weighted by Crippen LogP contribution is -2.48. The molecule has 0 radical (unpaired) electrons. The first kappa shape index (κ1) is 23.0. The zero-order valence-electron chi connectivity index (χ0n) is 18.2. The van der Waals surface area contributed by atoms with E-state index in [4.69, 9.17) is 0 Å². The van der Waals surface area contributed by atoms with Crippen LogP contribution in [-0.2, 0) is 16.1 Å². The molecule has 1 heterocycles. The first-order valence-electron chi connectivity index (χ1n) is 10.7. The van der Waals surface area contributed by atoms with Gasteiger partial charge in [-0.1, -0.05) is 25.1 Å². The molecule has 1 unspecified atom stereocenters. The standard InChI is InChI=1S/C24H31N3O3S/c1-18(31-22-10-8-21(29)9-11-22)7-12-24(30)25-17-20-5-3-4-6-23(20)27-15-13-26(14-16-27)19(2)28/h3-6,8-11,18,29H,7,12-17H2,1-2H3,(H,25,30). The van der Waals surface area contributed by atoms with Crippen molar-refractivity contribution in [1.82, 2.24) is 10.2 Å². The van der Waals surface area contributed by atoms with Crippen molar-refractivity contribution in [3.8, 4) is 5.75 Å². The average Bonchev–Trinajstić information content (AvgIpc) is 2.78. The van der Waals surface area contributed by atoms with Crippen molar-refractivity contribution in [3.63, 3.8) is 0 Å². The molecule has 6 nitrogen and oxygen atoms in total. The fourth-order valence-corrected chi connectivity index (χ4v) is 4.66. The minimum atomic E-state index is 0.0503. The van der Waals surface area contributed by atoms with Crippen LogP contribution >= 0.6 is 11.8 Å². The van der Waals surface area contributed by atoms with E-state index in [1.54, 1.807) is 30.8 Å². The van der Waals surface area contributed by atoms with E-state index in [2.05, 4.69) is 29.3 Å². The van der Waals surface area contributed by atoms with E-state index in [1.807, 2.05) is 29.2 Å². The smallest absolute Gasteiger partial charge is 0.220 e. The molecule has 0 aliphatic carbocycles. The van der Waals surface area contributed by atoms with E-state index in [9.17, 15) is 14.7 Å². The van der Waals surface area contributed by atoms with Gasteiger partial charge in [0.2, 0.25) is 11.8 Å². The normalized spacial score (nSPS) is 14.9. The van der Waals surface area contributed by atoms with Gasteiger partial charge in [0, 0.05) is 61.9 Å². The van der Waals surface area contributed by atoms with Crippen LogP contribution in [0, 0.1) is 0 Å². The van der Waals surface area contributed by atoms with E-state index in [1.165, 1.54) is 0 Å². The monoisotopic (exact) mass is 441 g/mol. The Morgan fingerprint density at radius 2 is 1.74 bits per heavy atom. The average molecular weight is 442 g/mol. The number of nitrogens with one attached hydrogen (secondary N) is 1. The number of phenolic OH excluding ortho intramolecular Hbond substituents is 1. The highest BCUT2D eigenvalue weighted by Crippen LogP contribution is 2.27. The van der Waals surface area contributed by atoms with E-state index < -0.39 is 0 Å². The highest BCUT2D eigenvalue weighted by atomic mass is 32.2. The summed E-state index contributed by atoms with van der Waals surface area (Å²) in [6.07, 6.45) is 1.26.